The molecule has 0 spiro atoms. The van der Waals surface area contributed by atoms with Crippen LogP contribution in [0.1, 0.15) is 44.9 Å². The van der Waals surface area contributed by atoms with Crippen molar-refractivity contribution < 1.29 is 23.5 Å². The number of primary amides is 1. The number of carbonyl (C=O) groups is 3. The van der Waals surface area contributed by atoms with Crippen molar-refractivity contribution >= 4 is 29.1 Å². The highest BCUT2D eigenvalue weighted by Gasteiger charge is 2.35. The number of aromatic nitrogens is 2. The van der Waals surface area contributed by atoms with Crippen molar-refractivity contribution in [2.24, 2.45) is 5.73 Å². The fourth-order valence-electron chi connectivity index (χ4n) is 4.78. The number of methoxy groups -OCH3 is 1. The molecule has 0 saturated carbocycles. The number of hydrogen-bond donors (Lipinski definition) is 1. The Labute approximate surface area is 200 Å². The van der Waals surface area contributed by atoms with E-state index in [1.165, 1.54) is 30.0 Å². The van der Waals surface area contributed by atoms with Crippen molar-refractivity contribution in [3.8, 4) is 11.4 Å². The van der Waals surface area contributed by atoms with Gasteiger partial charge in [-0.3, -0.25) is 14.4 Å². The van der Waals surface area contributed by atoms with Gasteiger partial charge < -0.3 is 20.3 Å². The van der Waals surface area contributed by atoms with E-state index in [-0.39, 0.29) is 29.0 Å². The van der Waals surface area contributed by atoms with Crippen LogP contribution in [0.25, 0.3) is 5.69 Å². The molecular formula is C25H24FN5O4. The lowest BCUT2D eigenvalue weighted by Gasteiger charge is -2.29. The minimum Gasteiger partial charge on any atom is -0.494 e. The summed E-state index contributed by atoms with van der Waals surface area (Å²) in [6, 6.07) is 9.61. The number of carbonyl (C=O) groups excluding carboxylic acids is 3. The first-order chi connectivity index (χ1) is 16.8. The van der Waals surface area contributed by atoms with E-state index in [0.717, 1.165) is 17.7 Å². The fourth-order valence-corrected chi connectivity index (χ4v) is 4.78. The smallest absolute Gasteiger partial charge is 0.277 e. The molecule has 0 unspecified atom stereocenters. The molecule has 0 aliphatic carbocycles. The quantitative estimate of drug-likeness (QED) is 0.608. The van der Waals surface area contributed by atoms with E-state index in [9.17, 15) is 18.8 Å². The molecule has 0 atom stereocenters. The summed E-state index contributed by atoms with van der Waals surface area (Å²) in [7, 11) is 1.34. The number of hydrogen-bond acceptors (Lipinski definition) is 5. The summed E-state index contributed by atoms with van der Waals surface area (Å²) in [6.07, 6.45) is 1.73. The average molecular weight is 477 g/mol. The normalized spacial score (nSPS) is 15.5. The third-order valence-electron chi connectivity index (χ3n) is 6.49. The number of anilines is 2. The first-order valence-electron chi connectivity index (χ1n) is 11.3. The molecule has 3 aromatic rings. The molecule has 2 aromatic carbocycles. The maximum atomic E-state index is 14.0. The lowest BCUT2D eigenvalue weighted by Crippen LogP contribution is -2.39. The zero-order valence-corrected chi connectivity index (χ0v) is 19.4. The van der Waals surface area contributed by atoms with Crippen molar-refractivity contribution in [2.45, 2.75) is 26.2 Å². The van der Waals surface area contributed by atoms with E-state index < -0.39 is 11.7 Å². The van der Waals surface area contributed by atoms with Gasteiger partial charge in [0.2, 0.25) is 5.91 Å². The second kappa shape index (κ2) is 8.53. The van der Waals surface area contributed by atoms with Gasteiger partial charge in [-0.2, -0.15) is 5.10 Å². The Balaban J connectivity index is 1.56. The largest absolute Gasteiger partial charge is 0.494 e. The van der Waals surface area contributed by atoms with Crippen LogP contribution in [0, 0.1) is 12.7 Å². The molecule has 3 heterocycles. The minimum absolute atomic E-state index is 0.00960. The number of fused-ring (bicyclic) bond motifs is 1. The van der Waals surface area contributed by atoms with Gasteiger partial charge in [-0.05, 0) is 55.7 Å². The lowest BCUT2D eigenvalue weighted by atomic mass is 10.0. The Morgan fingerprint density at radius 1 is 1.06 bits per heavy atom. The van der Waals surface area contributed by atoms with Gasteiger partial charge in [-0.25, -0.2) is 9.07 Å². The Morgan fingerprint density at radius 3 is 2.49 bits per heavy atom. The van der Waals surface area contributed by atoms with Crippen LogP contribution in [0.15, 0.2) is 36.4 Å². The number of ether oxygens (including phenoxy) is 1. The van der Waals surface area contributed by atoms with Gasteiger partial charge in [0.25, 0.3) is 11.8 Å². The Morgan fingerprint density at radius 2 is 1.83 bits per heavy atom. The van der Waals surface area contributed by atoms with Crippen LogP contribution in [-0.2, 0) is 11.2 Å². The van der Waals surface area contributed by atoms with Gasteiger partial charge in [0.05, 0.1) is 12.8 Å². The fraction of sp³-hybridized carbons (Fsp3) is 0.280. The van der Waals surface area contributed by atoms with E-state index >= 15 is 0 Å². The number of benzene rings is 2. The van der Waals surface area contributed by atoms with Crippen LogP contribution >= 0.6 is 0 Å². The number of halogens is 1. The SMILES string of the molecule is COc1cc(-n2nc(C(N)=O)c3c2C(=O)N(c2ccc(N4CCCC4=O)c(C)c2)CC3)ccc1F. The van der Waals surface area contributed by atoms with Crippen LogP contribution < -0.4 is 20.3 Å². The standard InChI is InChI=1S/C25H24FN5O4/c1-14-12-15(6-8-19(14)30-10-3-4-21(30)32)29-11-9-17-22(24(27)33)28-31(23(17)25(29)34)16-5-7-18(26)20(13-16)35-2/h5-8,12-13H,3-4,9-11H2,1-2H3,(H2,27,33). The summed E-state index contributed by atoms with van der Waals surface area (Å²) in [4.78, 5) is 41.4. The molecule has 3 amide bonds. The minimum atomic E-state index is -0.745. The van der Waals surface area contributed by atoms with Gasteiger partial charge in [0.1, 0.15) is 5.69 Å². The van der Waals surface area contributed by atoms with Crippen LogP contribution in [0.5, 0.6) is 5.75 Å². The van der Waals surface area contributed by atoms with E-state index in [1.54, 1.807) is 9.80 Å². The second-order valence-corrected chi connectivity index (χ2v) is 8.60. The molecular weight excluding hydrogens is 453 g/mol. The van der Waals surface area contributed by atoms with Crippen LogP contribution in [0.4, 0.5) is 15.8 Å². The second-order valence-electron chi connectivity index (χ2n) is 8.60. The monoisotopic (exact) mass is 477 g/mol. The zero-order chi connectivity index (χ0) is 24.9. The third kappa shape index (κ3) is 3.71. The number of amides is 3. The molecule has 2 N–H and O–H groups in total. The Bertz CT molecular complexity index is 1380. The first-order valence-corrected chi connectivity index (χ1v) is 11.3. The zero-order valence-electron chi connectivity index (χ0n) is 19.4. The Hall–Kier alpha value is -4.21. The van der Waals surface area contributed by atoms with E-state index in [0.29, 0.717) is 42.9 Å². The number of rotatable bonds is 5. The summed E-state index contributed by atoms with van der Waals surface area (Å²) in [5.41, 5.74) is 8.95. The van der Waals surface area contributed by atoms with Gasteiger partial charge in [0.15, 0.2) is 17.3 Å². The summed E-state index contributed by atoms with van der Waals surface area (Å²) >= 11 is 0. The van der Waals surface area contributed by atoms with Crippen LogP contribution in [-0.4, -0.2) is 47.7 Å². The van der Waals surface area contributed by atoms with Gasteiger partial charge in [-0.1, -0.05) is 0 Å². The average Bonchev–Trinajstić information content (AvgIpc) is 3.44. The van der Waals surface area contributed by atoms with Gasteiger partial charge in [0, 0.05) is 42.5 Å². The van der Waals surface area contributed by atoms with Gasteiger partial charge >= 0.3 is 0 Å². The van der Waals surface area contributed by atoms with Crippen molar-refractivity contribution in [1.29, 1.82) is 0 Å². The van der Waals surface area contributed by atoms with Crippen LogP contribution in [0.3, 0.4) is 0 Å². The molecule has 9 nitrogen and oxygen atoms in total. The van der Waals surface area contributed by atoms with Crippen molar-refractivity contribution in [2.75, 3.05) is 30.0 Å². The molecule has 35 heavy (non-hydrogen) atoms. The molecule has 0 radical (unpaired) electrons. The van der Waals surface area contributed by atoms with E-state index in [4.69, 9.17) is 10.5 Å². The van der Waals surface area contributed by atoms with Crippen molar-refractivity contribution in [3.63, 3.8) is 0 Å². The number of aryl methyl sites for hydroxylation is 1. The van der Waals surface area contributed by atoms with Gasteiger partial charge in [-0.15, -0.1) is 0 Å². The predicted octanol–water partition coefficient (Wildman–Crippen LogP) is 2.76. The first kappa shape index (κ1) is 22.6. The highest BCUT2D eigenvalue weighted by Crippen LogP contribution is 2.33. The number of nitrogens with two attached hydrogens (primary N) is 1. The predicted molar refractivity (Wildman–Crippen MR) is 127 cm³/mol. The summed E-state index contributed by atoms with van der Waals surface area (Å²) in [5, 5.41) is 4.31. The molecule has 2 aliphatic rings. The van der Waals surface area contributed by atoms with Crippen LogP contribution in [0.2, 0.25) is 0 Å². The topological polar surface area (TPSA) is 111 Å². The molecule has 0 bridgehead atoms. The maximum absolute atomic E-state index is 14.0. The molecule has 1 saturated heterocycles. The van der Waals surface area contributed by atoms with E-state index in [1.807, 2.05) is 25.1 Å². The Kier molecular flexibility index (Phi) is 5.50. The molecule has 180 valence electrons. The maximum Gasteiger partial charge on any atom is 0.277 e. The summed E-state index contributed by atoms with van der Waals surface area (Å²) in [5.74, 6) is -1.59. The lowest BCUT2D eigenvalue weighted by molar-refractivity contribution is -0.117. The molecule has 5 rings (SSSR count). The van der Waals surface area contributed by atoms with Crippen molar-refractivity contribution in [3.05, 3.63) is 64.7 Å². The molecule has 1 aromatic heterocycles. The third-order valence-corrected chi connectivity index (χ3v) is 6.49. The molecule has 10 heteroatoms. The van der Waals surface area contributed by atoms with Crippen molar-refractivity contribution in [1.82, 2.24) is 9.78 Å². The molecule has 2 aliphatic heterocycles. The van der Waals surface area contributed by atoms with E-state index in [2.05, 4.69) is 5.10 Å². The molecule has 1 fully saturated rings. The number of nitrogens with zero attached hydrogens (tertiary/aromatic N) is 4. The summed E-state index contributed by atoms with van der Waals surface area (Å²) in [6.45, 7) is 2.91. The summed E-state index contributed by atoms with van der Waals surface area (Å²) < 4.78 is 20.4. The highest BCUT2D eigenvalue weighted by atomic mass is 19.1. The highest BCUT2D eigenvalue weighted by molar-refractivity contribution is 6.09.